The zero-order valence-corrected chi connectivity index (χ0v) is 21.6. The molecule has 0 saturated carbocycles. The summed E-state index contributed by atoms with van der Waals surface area (Å²) in [5, 5.41) is 12.5. The minimum atomic E-state index is -0.0958. The number of hydrogen-bond acceptors (Lipinski definition) is 8. The summed E-state index contributed by atoms with van der Waals surface area (Å²) >= 11 is 0. The van der Waals surface area contributed by atoms with Crippen LogP contribution >= 0.6 is 0 Å². The zero-order chi connectivity index (χ0) is 26.4. The molecule has 0 amide bonds. The fraction of sp³-hybridized carbons (Fsp3) is 0.310. The van der Waals surface area contributed by atoms with Crippen LogP contribution in [0.15, 0.2) is 59.7 Å². The Bertz CT molecular complexity index is 1290. The number of ether oxygens (including phenoxy) is 1. The smallest absolute Gasteiger partial charge is 0.309 e. The number of pyridine rings is 1. The zero-order valence-electron chi connectivity index (χ0n) is 21.6. The van der Waals surface area contributed by atoms with Crippen LogP contribution in [0.3, 0.4) is 0 Å². The van der Waals surface area contributed by atoms with Crippen molar-refractivity contribution < 1.29 is 9.53 Å². The Labute approximate surface area is 218 Å². The molecule has 192 valence electrons. The van der Waals surface area contributed by atoms with Gasteiger partial charge in [-0.3, -0.25) is 15.2 Å². The number of aromatic nitrogens is 1. The first-order valence-corrected chi connectivity index (χ1v) is 12.6. The van der Waals surface area contributed by atoms with E-state index in [9.17, 15) is 4.79 Å². The maximum absolute atomic E-state index is 12.0. The van der Waals surface area contributed by atoms with Crippen molar-refractivity contribution in [3.8, 4) is 0 Å². The minimum absolute atomic E-state index is 0.0315. The second-order valence-corrected chi connectivity index (χ2v) is 9.11. The molecule has 2 aromatic carbocycles. The second kappa shape index (κ2) is 11.7. The van der Waals surface area contributed by atoms with Gasteiger partial charge in [0.25, 0.3) is 0 Å². The second-order valence-electron chi connectivity index (χ2n) is 9.11. The van der Waals surface area contributed by atoms with Gasteiger partial charge in [0.1, 0.15) is 5.82 Å². The van der Waals surface area contributed by atoms with Gasteiger partial charge < -0.3 is 20.7 Å². The van der Waals surface area contributed by atoms with E-state index in [1.54, 1.807) is 13.3 Å². The number of rotatable bonds is 8. The molecular weight excluding hydrogens is 464 g/mol. The number of nitrogens with zero attached hydrogens (tertiary/aromatic N) is 3. The van der Waals surface area contributed by atoms with Crippen molar-refractivity contribution in [2.24, 2.45) is 10.9 Å². The number of carbonyl (C=O) groups excluding carboxylic acids is 1. The number of para-hydroxylation sites is 1. The van der Waals surface area contributed by atoms with E-state index in [1.165, 1.54) is 0 Å². The van der Waals surface area contributed by atoms with Gasteiger partial charge in [0.05, 0.1) is 35.8 Å². The minimum Gasteiger partial charge on any atom is -0.466 e. The number of hydrogen-bond donors (Lipinski definition) is 3. The fourth-order valence-electron chi connectivity index (χ4n) is 4.66. The molecule has 2 heterocycles. The molecule has 4 N–H and O–H groups in total. The van der Waals surface area contributed by atoms with E-state index >= 15 is 0 Å². The summed E-state index contributed by atoms with van der Waals surface area (Å²) in [6.45, 7) is 5.82. The molecule has 1 fully saturated rings. The average Bonchev–Trinajstić information content (AvgIpc) is 2.91. The van der Waals surface area contributed by atoms with Gasteiger partial charge in [-0.1, -0.05) is 30.3 Å². The van der Waals surface area contributed by atoms with Gasteiger partial charge in [0.15, 0.2) is 0 Å². The number of aliphatic imine (C=N–C) groups is 1. The van der Waals surface area contributed by atoms with E-state index in [0.29, 0.717) is 18.0 Å². The third kappa shape index (κ3) is 5.80. The van der Waals surface area contributed by atoms with Crippen LogP contribution in [0.2, 0.25) is 0 Å². The number of nitrogens with one attached hydrogen (secondary N) is 2. The quantitative estimate of drug-likeness (QED) is 0.230. The lowest BCUT2D eigenvalue weighted by Crippen LogP contribution is -2.37. The standard InChI is InChI=1S/C29H34N6O2/c1-4-37-29(36)20-13-15-35(16-14-20)26-12-11-21(17-33-26)34-28-19(2)7-5-9-23(28)27(31)22-8-6-10-25(30)24(22)18-32-3/h5-12,17-18,20,31,34H,4,13-16,30H2,1-3H3. The van der Waals surface area contributed by atoms with Crippen LogP contribution < -0.4 is 16.0 Å². The van der Waals surface area contributed by atoms with Gasteiger partial charge in [-0.15, -0.1) is 0 Å². The Balaban J connectivity index is 1.52. The van der Waals surface area contributed by atoms with Crippen molar-refractivity contribution in [2.75, 3.05) is 42.7 Å². The van der Waals surface area contributed by atoms with Crippen LogP contribution in [0.5, 0.6) is 0 Å². The van der Waals surface area contributed by atoms with Gasteiger partial charge in [0.2, 0.25) is 0 Å². The molecule has 37 heavy (non-hydrogen) atoms. The van der Waals surface area contributed by atoms with Gasteiger partial charge in [0, 0.05) is 48.7 Å². The predicted octanol–water partition coefficient (Wildman–Crippen LogP) is 4.96. The molecule has 8 nitrogen and oxygen atoms in total. The van der Waals surface area contributed by atoms with Crippen LogP contribution in [0.25, 0.3) is 0 Å². The molecule has 1 saturated heterocycles. The molecule has 0 radical (unpaired) electrons. The van der Waals surface area contributed by atoms with Crippen molar-refractivity contribution in [2.45, 2.75) is 26.7 Å². The summed E-state index contributed by atoms with van der Waals surface area (Å²) in [4.78, 5) is 23.0. The molecule has 0 unspecified atom stereocenters. The number of benzene rings is 2. The molecule has 8 heteroatoms. The fourth-order valence-corrected chi connectivity index (χ4v) is 4.66. The van der Waals surface area contributed by atoms with Crippen molar-refractivity contribution in [1.29, 1.82) is 5.41 Å². The molecule has 1 aliphatic rings. The number of nitrogens with two attached hydrogens (primary N) is 1. The van der Waals surface area contributed by atoms with Crippen LogP contribution in [-0.2, 0) is 9.53 Å². The van der Waals surface area contributed by atoms with Crippen LogP contribution in [-0.4, -0.2) is 49.6 Å². The maximum atomic E-state index is 12.0. The van der Waals surface area contributed by atoms with Crippen molar-refractivity contribution in [3.05, 3.63) is 77.0 Å². The molecule has 0 bridgehead atoms. The first-order valence-electron chi connectivity index (χ1n) is 12.6. The highest BCUT2D eigenvalue weighted by Crippen LogP contribution is 2.30. The van der Waals surface area contributed by atoms with Crippen molar-refractivity contribution >= 4 is 40.8 Å². The van der Waals surface area contributed by atoms with E-state index in [2.05, 4.69) is 20.2 Å². The maximum Gasteiger partial charge on any atom is 0.309 e. The Morgan fingerprint density at radius 3 is 2.59 bits per heavy atom. The predicted molar refractivity (Wildman–Crippen MR) is 151 cm³/mol. The third-order valence-corrected chi connectivity index (χ3v) is 6.67. The normalized spacial score (nSPS) is 14.1. The molecule has 0 spiro atoms. The number of esters is 1. The molecule has 3 aromatic rings. The number of anilines is 4. The molecule has 1 aliphatic heterocycles. The van der Waals surface area contributed by atoms with Gasteiger partial charge in [-0.25, -0.2) is 4.98 Å². The summed E-state index contributed by atoms with van der Waals surface area (Å²) in [6.07, 6.45) is 5.04. The Kier molecular flexibility index (Phi) is 8.18. The van der Waals surface area contributed by atoms with E-state index < -0.39 is 0 Å². The number of piperidine rings is 1. The summed E-state index contributed by atoms with van der Waals surface area (Å²) in [5.74, 6) is 0.756. The summed E-state index contributed by atoms with van der Waals surface area (Å²) in [6, 6.07) is 15.4. The van der Waals surface area contributed by atoms with Gasteiger partial charge >= 0.3 is 5.97 Å². The SMILES string of the molecule is CCOC(=O)C1CCN(c2ccc(Nc3c(C)cccc3C(=N)c3cccc(N)c3C=NC)cn2)CC1. The lowest BCUT2D eigenvalue weighted by molar-refractivity contribution is -0.148. The van der Waals surface area contributed by atoms with Gasteiger partial charge in [-0.05, 0) is 50.5 Å². The number of aryl methyl sites for hydroxylation is 1. The van der Waals surface area contributed by atoms with E-state index in [1.807, 2.05) is 68.6 Å². The van der Waals surface area contributed by atoms with Crippen LogP contribution in [0, 0.1) is 18.3 Å². The molecule has 4 rings (SSSR count). The largest absolute Gasteiger partial charge is 0.466 e. The van der Waals surface area contributed by atoms with Gasteiger partial charge in [-0.2, -0.15) is 0 Å². The molecule has 0 atom stereocenters. The summed E-state index contributed by atoms with van der Waals surface area (Å²) in [5.41, 5.74) is 12.1. The number of carbonyl (C=O) groups is 1. The highest BCUT2D eigenvalue weighted by atomic mass is 16.5. The average molecular weight is 499 g/mol. The monoisotopic (exact) mass is 498 g/mol. The lowest BCUT2D eigenvalue weighted by Gasteiger charge is -2.31. The molecule has 0 aliphatic carbocycles. The van der Waals surface area contributed by atoms with E-state index in [0.717, 1.165) is 65.4 Å². The van der Waals surface area contributed by atoms with Crippen molar-refractivity contribution in [1.82, 2.24) is 4.98 Å². The first kappa shape index (κ1) is 25.9. The lowest BCUT2D eigenvalue weighted by atomic mass is 9.94. The molecular formula is C29H34N6O2. The van der Waals surface area contributed by atoms with Crippen LogP contribution in [0.4, 0.5) is 22.9 Å². The summed E-state index contributed by atoms with van der Waals surface area (Å²) in [7, 11) is 1.69. The molecule has 1 aromatic heterocycles. The van der Waals surface area contributed by atoms with Crippen LogP contribution in [0.1, 0.15) is 42.0 Å². The van der Waals surface area contributed by atoms with E-state index in [4.69, 9.17) is 15.9 Å². The number of nitrogen functional groups attached to an aromatic ring is 1. The van der Waals surface area contributed by atoms with E-state index in [-0.39, 0.29) is 11.9 Å². The Morgan fingerprint density at radius 1 is 1.19 bits per heavy atom. The van der Waals surface area contributed by atoms with Crippen molar-refractivity contribution in [3.63, 3.8) is 0 Å². The Morgan fingerprint density at radius 2 is 1.92 bits per heavy atom. The highest BCUT2D eigenvalue weighted by molar-refractivity contribution is 6.18. The Hall–Kier alpha value is -4.20. The first-order chi connectivity index (χ1) is 17.9. The highest BCUT2D eigenvalue weighted by Gasteiger charge is 2.26. The third-order valence-electron chi connectivity index (χ3n) is 6.67. The topological polar surface area (TPSA) is 117 Å². The summed E-state index contributed by atoms with van der Waals surface area (Å²) < 4.78 is 5.17.